The summed E-state index contributed by atoms with van der Waals surface area (Å²) in [4.78, 5) is 14.6. The van der Waals surface area contributed by atoms with Crippen molar-refractivity contribution in [1.82, 2.24) is 4.98 Å². The highest BCUT2D eigenvalue weighted by Gasteiger charge is 2.23. The molecule has 1 aromatic carbocycles. The molecule has 0 radical (unpaired) electrons. The van der Waals surface area contributed by atoms with Crippen LogP contribution >= 0.6 is 34.8 Å². The molecule has 5 nitrogen and oxygen atoms in total. The molecular formula is C12H7Cl3N2O3. The number of rotatable bonds is 3. The van der Waals surface area contributed by atoms with Gasteiger partial charge in [-0.25, -0.2) is 4.98 Å². The van der Waals surface area contributed by atoms with Gasteiger partial charge >= 0.3 is 0 Å². The molecule has 0 fully saturated rings. The predicted octanol–water partition coefficient (Wildman–Crippen LogP) is 4.63. The Labute approximate surface area is 129 Å². The summed E-state index contributed by atoms with van der Waals surface area (Å²) in [6, 6.07) is 5.55. The molecule has 0 N–H and O–H groups in total. The number of halogens is 3. The number of hydrogen-bond acceptors (Lipinski definition) is 4. The van der Waals surface area contributed by atoms with E-state index in [0.29, 0.717) is 5.02 Å². The van der Waals surface area contributed by atoms with Crippen molar-refractivity contribution in [2.75, 3.05) is 7.11 Å². The summed E-state index contributed by atoms with van der Waals surface area (Å²) in [7, 11) is 1.41. The lowest BCUT2D eigenvalue weighted by Crippen LogP contribution is -1.98. The summed E-state index contributed by atoms with van der Waals surface area (Å²) < 4.78 is 4.97. The monoisotopic (exact) mass is 332 g/mol. The van der Waals surface area contributed by atoms with E-state index in [2.05, 4.69) is 4.98 Å². The highest BCUT2D eigenvalue weighted by molar-refractivity contribution is 6.41. The third kappa shape index (κ3) is 2.80. The van der Waals surface area contributed by atoms with E-state index in [1.54, 1.807) is 0 Å². The smallest absolute Gasteiger partial charge is 0.295 e. The Morgan fingerprint density at radius 3 is 2.30 bits per heavy atom. The number of nitro groups is 1. The molecule has 2 aromatic rings. The van der Waals surface area contributed by atoms with Crippen molar-refractivity contribution in [2.45, 2.75) is 0 Å². The maximum Gasteiger partial charge on any atom is 0.295 e. The van der Waals surface area contributed by atoms with E-state index < -0.39 is 4.92 Å². The first kappa shape index (κ1) is 14.8. The van der Waals surface area contributed by atoms with Crippen LogP contribution in [0.3, 0.4) is 0 Å². The summed E-state index contributed by atoms with van der Waals surface area (Å²) >= 11 is 18.0. The normalized spacial score (nSPS) is 10.4. The minimum atomic E-state index is -0.566. The van der Waals surface area contributed by atoms with E-state index >= 15 is 0 Å². The van der Waals surface area contributed by atoms with Crippen molar-refractivity contribution >= 4 is 40.5 Å². The molecule has 1 heterocycles. The number of methoxy groups -OCH3 is 1. The lowest BCUT2D eigenvalue weighted by Gasteiger charge is -2.09. The Bertz CT molecular complexity index is 669. The van der Waals surface area contributed by atoms with Gasteiger partial charge < -0.3 is 4.74 Å². The van der Waals surface area contributed by atoms with Crippen molar-refractivity contribution in [3.8, 4) is 17.1 Å². The second-order valence-electron chi connectivity index (χ2n) is 3.72. The van der Waals surface area contributed by atoms with Gasteiger partial charge in [0.05, 0.1) is 22.1 Å². The molecule has 1 aromatic heterocycles. The topological polar surface area (TPSA) is 65.3 Å². The zero-order valence-electron chi connectivity index (χ0n) is 10.1. The molecule has 0 aliphatic carbocycles. The first-order chi connectivity index (χ1) is 9.43. The largest absolute Gasteiger partial charge is 0.481 e. The van der Waals surface area contributed by atoms with Crippen molar-refractivity contribution in [2.24, 2.45) is 0 Å². The van der Waals surface area contributed by atoms with Crippen LogP contribution in [-0.4, -0.2) is 17.0 Å². The average Bonchev–Trinajstić information content (AvgIpc) is 2.37. The van der Waals surface area contributed by atoms with E-state index in [-0.39, 0.29) is 32.9 Å². The summed E-state index contributed by atoms with van der Waals surface area (Å²) in [6.07, 6.45) is 0. The Balaban J connectivity index is 2.77. The van der Waals surface area contributed by atoms with Gasteiger partial charge in [-0.1, -0.05) is 34.8 Å². The van der Waals surface area contributed by atoms with Gasteiger partial charge in [-0.15, -0.1) is 0 Å². The zero-order valence-corrected chi connectivity index (χ0v) is 12.3. The molecular weight excluding hydrogens is 327 g/mol. The highest BCUT2D eigenvalue weighted by Crippen LogP contribution is 2.40. The van der Waals surface area contributed by atoms with E-state index in [0.717, 1.165) is 0 Å². The van der Waals surface area contributed by atoms with Crippen LogP contribution in [0.5, 0.6) is 5.88 Å². The number of ether oxygens (including phenoxy) is 1. The van der Waals surface area contributed by atoms with Crippen LogP contribution < -0.4 is 4.74 Å². The molecule has 0 saturated heterocycles. The number of pyridine rings is 1. The summed E-state index contributed by atoms with van der Waals surface area (Å²) in [5.74, 6) is 0.215. The minimum absolute atomic E-state index is 0.0287. The number of hydrogen-bond donors (Lipinski definition) is 0. The first-order valence-electron chi connectivity index (χ1n) is 5.28. The van der Waals surface area contributed by atoms with Crippen LogP contribution in [0.4, 0.5) is 5.69 Å². The van der Waals surface area contributed by atoms with Gasteiger partial charge in [-0.2, -0.15) is 0 Å². The van der Waals surface area contributed by atoms with Gasteiger partial charge in [0.1, 0.15) is 0 Å². The zero-order chi connectivity index (χ0) is 14.9. The highest BCUT2D eigenvalue weighted by atomic mass is 35.5. The number of aromatic nitrogens is 1. The van der Waals surface area contributed by atoms with E-state index in [9.17, 15) is 10.1 Å². The third-order valence-corrected chi connectivity index (χ3v) is 3.31. The van der Waals surface area contributed by atoms with Crippen molar-refractivity contribution in [1.29, 1.82) is 0 Å². The number of nitrogens with zero attached hydrogens (tertiary/aromatic N) is 2. The Morgan fingerprint density at radius 1 is 1.20 bits per heavy atom. The second kappa shape index (κ2) is 5.83. The Hall–Kier alpha value is -1.56. The van der Waals surface area contributed by atoms with Crippen molar-refractivity contribution in [3.63, 3.8) is 0 Å². The number of benzene rings is 1. The SMILES string of the molecule is COc1ccc([N+](=O)[O-])c(-c2c(Cl)cc(Cl)cc2Cl)n1. The van der Waals surface area contributed by atoms with Gasteiger partial charge in [0, 0.05) is 22.7 Å². The van der Waals surface area contributed by atoms with Crippen LogP contribution in [0.1, 0.15) is 0 Å². The average molecular weight is 334 g/mol. The predicted molar refractivity (Wildman–Crippen MR) is 77.9 cm³/mol. The maximum atomic E-state index is 11.1. The molecule has 0 aliphatic rings. The van der Waals surface area contributed by atoms with Gasteiger partial charge in [-0.3, -0.25) is 10.1 Å². The molecule has 0 spiro atoms. The summed E-state index contributed by atoms with van der Waals surface area (Å²) in [6.45, 7) is 0. The van der Waals surface area contributed by atoms with Crippen LogP contribution in [0.25, 0.3) is 11.3 Å². The molecule has 20 heavy (non-hydrogen) atoms. The van der Waals surface area contributed by atoms with Crippen LogP contribution in [0.15, 0.2) is 24.3 Å². The first-order valence-corrected chi connectivity index (χ1v) is 6.41. The molecule has 0 saturated carbocycles. The fourth-order valence-electron chi connectivity index (χ4n) is 1.65. The fraction of sp³-hybridized carbons (Fsp3) is 0.0833. The molecule has 104 valence electrons. The molecule has 0 bridgehead atoms. The van der Waals surface area contributed by atoms with Gasteiger partial charge in [0.25, 0.3) is 5.69 Å². The molecule has 0 atom stereocenters. The Kier molecular flexibility index (Phi) is 4.32. The van der Waals surface area contributed by atoms with E-state index in [1.165, 1.54) is 31.4 Å². The molecule has 0 unspecified atom stereocenters. The quantitative estimate of drug-likeness (QED) is 0.607. The van der Waals surface area contributed by atoms with Crippen LogP contribution in [0.2, 0.25) is 15.1 Å². The summed E-state index contributed by atoms with van der Waals surface area (Å²) in [5.41, 5.74) is 0.0428. The summed E-state index contributed by atoms with van der Waals surface area (Å²) in [5, 5.41) is 11.8. The third-order valence-electron chi connectivity index (χ3n) is 2.50. The van der Waals surface area contributed by atoms with Gasteiger partial charge in [-0.05, 0) is 12.1 Å². The standard InChI is InChI=1S/C12H7Cl3N2O3/c1-20-10-3-2-9(17(18)19)12(16-10)11-7(14)4-6(13)5-8(11)15/h2-5H,1H3. The maximum absolute atomic E-state index is 11.1. The molecule has 0 amide bonds. The minimum Gasteiger partial charge on any atom is -0.481 e. The molecule has 0 aliphatic heterocycles. The van der Waals surface area contributed by atoms with Crippen molar-refractivity contribution in [3.05, 3.63) is 49.4 Å². The van der Waals surface area contributed by atoms with Crippen LogP contribution in [-0.2, 0) is 0 Å². The van der Waals surface area contributed by atoms with E-state index in [1.807, 2.05) is 0 Å². The second-order valence-corrected chi connectivity index (χ2v) is 4.97. The van der Waals surface area contributed by atoms with Crippen molar-refractivity contribution < 1.29 is 9.66 Å². The van der Waals surface area contributed by atoms with E-state index in [4.69, 9.17) is 39.5 Å². The van der Waals surface area contributed by atoms with Crippen LogP contribution in [0, 0.1) is 10.1 Å². The van der Waals surface area contributed by atoms with Gasteiger partial charge in [0.2, 0.25) is 5.88 Å². The Morgan fingerprint density at radius 2 is 1.80 bits per heavy atom. The lowest BCUT2D eigenvalue weighted by atomic mass is 10.1. The van der Waals surface area contributed by atoms with Gasteiger partial charge in [0.15, 0.2) is 5.69 Å². The molecule has 8 heteroatoms. The lowest BCUT2D eigenvalue weighted by molar-refractivity contribution is -0.384. The fourth-order valence-corrected chi connectivity index (χ4v) is 2.64. The molecule has 2 rings (SSSR count).